The molecule has 0 radical (unpaired) electrons. The van der Waals surface area contributed by atoms with E-state index in [1.807, 2.05) is 32.9 Å². The number of aryl methyl sites for hydroxylation is 1. The topological polar surface area (TPSA) is 133 Å². The Bertz CT molecular complexity index is 1120. The molecule has 2 heterocycles. The van der Waals surface area contributed by atoms with Gasteiger partial charge < -0.3 is 21.3 Å². The summed E-state index contributed by atoms with van der Waals surface area (Å²) in [6.07, 6.45) is 5.50. The number of nitrogen functional groups attached to an aromatic ring is 2. The van der Waals surface area contributed by atoms with Crippen LogP contribution >= 0.6 is 0 Å². The first-order valence-corrected chi connectivity index (χ1v) is 10.5. The highest BCUT2D eigenvalue weighted by molar-refractivity contribution is 5.90. The second-order valence-electron chi connectivity index (χ2n) is 9.02. The zero-order valence-corrected chi connectivity index (χ0v) is 18.1. The van der Waals surface area contributed by atoms with Gasteiger partial charge in [0.25, 0.3) is 0 Å². The molecule has 1 aliphatic carbocycles. The first-order valence-electron chi connectivity index (χ1n) is 10.5. The predicted molar refractivity (Wildman–Crippen MR) is 119 cm³/mol. The quantitative estimate of drug-likeness (QED) is 0.549. The Hall–Kier alpha value is -3.42. The first kappa shape index (κ1) is 20.8. The van der Waals surface area contributed by atoms with Crippen molar-refractivity contribution in [2.24, 2.45) is 0 Å². The highest BCUT2D eigenvalue weighted by atomic mass is 16.5. The average molecular weight is 421 g/mol. The highest BCUT2D eigenvalue weighted by Gasteiger charge is 2.27. The van der Waals surface area contributed by atoms with Crippen molar-refractivity contribution in [3.05, 3.63) is 53.3 Å². The molecule has 1 aliphatic rings. The molecule has 0 saturated heterocycles. The number of carbonyl (C=O) groups excluding carboxylic acids is 1. The largest absolute Gasteiger partial charge is 0.395 e. The van der Waals surface area contributed by atoms with Gasteiger partial charge in [-0.2, -0.15) is 4.98 Å². The number of carbonyl (C=O) groups is 1. The summed E-state index contributed by atoms with van der Waals surface area (Å²) in [5.74, 6) is 0.480. The van der Waals surface area contributed by atoms with Crippen molar-refractivity contribution >= 4 is 17.4 Å². The number of rotatable bonds is 3. The molecule has 1 amide bonds. The number of aromatic nitrogens is 3. The lowest BCUT2D eigenvalue weighted by molar-refractivity contribution is 0.0890. The molecule has 3 aromatic rings. The monoisotopic (exact) mass is 420 g/mol. The molecule has 8 heteroatoms. The minimum Gasteiger partial charge on any atom is -0.395 e. The molecular formula is C23H28N6O2. The van der Waals surface area contributed by atoms with E-state index in [1.54, 1.807) is 6.20 Å². The van der Waals surface area contributed by atoms with Crippen molar-refractivity contribution in [2.45, 2.75) is 57.9 Å². The van der Waals surface area contributed by atoms with Crippen LogP contribution in [0.4, 0.5) is 11.5 Å². The van der Waals surface area contributed by atoms with Crippen LogP contribution in [0.5, 0.6) is 0 Å². The van der Waals surface area contributed by atoms with E-state index in [0.717, 1.165) is 42.4 Å². The third-order valence-corrected chi connectivity index (χ3v) is 5.64. The third-order valence-electron chi connectivity index (χ3n) is 5.64. The molecule has 1 aromatic carbocycles. The summed E-state index contributed by atoms with van der Waals surface area (Å²) in [5.41, 5.74) is 16.4. The fourth-order valence-electron chi connectivity index (χ4n) is 3.88. The number of nitrogens with one attached hydrogen (secondary N) is 1. The van der Waals surface area contributed by atoms with Crippen molar-refractivity contribution in [1.29, 1.82) is 0 Å². The number of anilines is 2. The number of fused-ring (bicyclic) bond motifs is 1. The molecule has 8 nitrogen and oxygen atoms in total. The van der Waals surface area contributed by atoms with E-state index in [0.29, 0.717) is 17.3 Å². The van der Waals surface area contributed by atoms with Gasteiger partial charge in [-0.05, 0) is 42.0 Å². The van der Waals surface area contributed by atoms with Crippen molar-refractivity contribution in [3.63, 3.8) is 0 Å². The van der Waals surface area contributed by atoms with Crippen LogP contribution < -0.4 is 16.8 Å². The van der Waals surface area contributed by atoms with E-state index in [4.69, 9.17) is 16.0 Å². The Balaban J connectivity index is 1.61. The number of hydrogen-bond donors (Lipinski definition) is 3. The minimum absolute atomic E-state index is 0.00706. The van der Waals surface area contributed by atoms with Gasteiger partial charge in [-0.1, -0.05) is 50.5 Å². The normalized spacial score (nSPS) is 16.4. The number of nitrogens with two attached hydrogens (primary N) is 2. The Kier molecular flexibility index (Phi) is 5.39. The van der Waals surface area contributed by atoms with Gasteiger partial charge in [-0.25, -0.2) is 4.98 Å². The van der Waals surface area contributed by atoms with Crippen LogP contribution in [0.3, 0.4) is 0 Å². The summed E-state index contributed by atoms with van der Waals surface area (Å²) in [6, 6.07) is 7.95. The lowest BCUT2D eigenvalue weighted by atomic mass is 9.94. The molecule has 4 rings (SSSR count). The molecule has 0 saturated carbocycles. The Morgan fingerprint density at radius 2 is 2.00 bits per heavy atom. The smallest absolute Gasteiger partial charge is 0.315 e. The van der Waals surface area contributed by atoms with Crippen molar-refractivity contribution in [1.82, 2.24) is 20.4 Å². The van der Waals surface area contributed by atoms with E-state index in [-0.39, 0.29) is 23.3 Å². The Morgan fingerprint density at radius 3 is 2.74 bits per heavy atom. The lowest BCUT2D eigenvalue weighted by Gasteiger charge is -2.19. The molecule has 0 bridgehead atoms. The average Bonchev–Trinajstić information content (AvgIpc) is 3.15. The molecule has 1 unspecified atom stereocenters. The van der Waals surface area contributed by atoms with Gasteiger partial charge in [0.05, 0.1) is 11.7 Å². The van der Waals surface area contributed by atoms with Gasteiger partial charge in [0, 0.05) is 17.2 Å². The molecule has 5 N–H and O–H groups in total. The van der Waals surface area contributed by atoms with Crippen LogP contribution in [-0.2, 0) is 11.8 Å². The zero-order valence-electron chi connectivity index (χ0n) is 18.1. The van der Waals surface area contributed by atoms with Crippen LogP contribution in [0.2, 0.25) is 0 Å². The molecule has 0 fully saturated rings. The molecule has 31 heavy (non-hydrogen) atoms. The maximum Gasteiger partial charge on any atom is 0.315 e. The molecular weight excluding hydrogens is 392 g/mol. The maximum absolute atomic E-state index is 12.8. The fraction of sp³-hybridized carbons (Fsp3) is 0.391. The molecule has 1 atom stereocenters. The standard InChI is InChI=1S/C23H28N6O2/c1-23(2,3)22-28-21(31-29-22)20(30)27-17-7-5-4-6-13-12-14(8-9-15(13)17)16-10-11-26-19(25)18(16)24/h8-12,17H,4-7,24H2,1-3H3,(H2,25,26)(H,27,30). The summed E-state index contributed by atoms with van der Waals surface area (Å²) >= 11 is 0. The molecule has 0 spiro atoms. The van der Waals surface area contributed by atoms with Gasteiger partial charge in [-0.15, -0.1) is 0 Å². The predicted octanol–water partition coefficient (Wildman–Crippen LogP) is 3.79. The Morgan fingerprint density at radius 1 is 1.19 bits per heavy atom. The highest BCUT2D eigenvalue weighted by Crippen LogP contribution is 2.35. The lowest BCUT2D eigenvalue weighted by Crippen LogP contribution is -2.29. The number of benzene rings is 1. The van der Waals surface area contributed by atoms with Crippen LogP contribution in [0.15, 0.2) is 35.0 Å². The van der Waals surface area contributed by atoms with Crippen LogP contribution in [0, 0.1) is 0 Å². The van der Waals surface area contributed by atoms with Gasteiger partial charge in [0.1, 0.15) is 5.82 Å². The molecule has 2 aromatic heterocycles. The maximum atomic E-state index is 12.8. The van der Waals surface area contributed by atoms with E-state index in [9.17, 15) is 4.79 Å². The van der Waals surface area contributed by atoms with Gasteiger partial charge >= 0.3 is 11.8 Å². The van der Waals surface area contributed by atoms with Gasteiger partial charge in [-0.3, -0.25) is 4.79 Å². The van der Waals surface area contributed by atoms with Crippen LogP contribution in [0.1, 0.15) is 73.7 Å². The van der Waals surface area contributed by atoms with Gasteiger partial charge in [0.15, 0.2) is 5.82 Å². The fourth-order valence-corrected chi connectivity index (χ4v) is 3.88. The summed E-state index contributed by atoms with van der Waals surface area (Å²) in [5, 5.41) is 7.04. The molecule has 0 aliphatic heterocycles. The number of nitrogens with zero attached hydrogens (tertiary/aromatic N) is 3. The second kappa shape index (κ2) is 8.02. The van der Waals surface area contributed by atoms with Crippen molar-refractivity contribution in [2.75, 3.05) is 11.5 Å². The number of pyridine rings is 1. The third kappa shape index (κ3) is 4.23. The summed E-state index contributed by atoms with van der Waals surface area (Å²) in [6.45, 7) is 5.92. The summed E-state index contributed by atoms with van der Waals surface area (Å²) in [7, 11) is 0. The minimum atomic E-state index is -0.351. The van der Waals surface area contributed by atoms with Crippen LogP contribution in [-0.4, -0.2) is 21.0 Å². The van der Waals surface area contributed by atoms with Crippen molar-refractivity contribution in [3.8, 4) is 11.1 Å². The number of hydrogen-bond acceptors (Lipinski definition) is 7. The SMILES string of the molecule is CC(C)(C)c1noc(C(=O)NC2CCCCc3cc(-c4ccnc(N)c4N)ccc32)n1. The Labute approximate surface area is 181 Å². The van der Waals surface area contributed by atoms with E-state index in [1.165, 1.54) is 5.56 Å². The summed E-state index contributed by atoms with van der Waals surface area (Å²) in [4.78, 5) is 21.1. The van der Waals surface area contributed by atoms with E-state index < -0.39 is 0 Å². The summed E-state index contributed by atoms with van der Waals surface area (Å²) < 4.78 is 5.21. The zero-order chi connectivity index (χ0) is 22.2. The number of amides is 1. The van der Waals surface area contributed by atoms with E-state index in [2.05, 4.69) is 32.6 Å². The van der Waals surface area contributed by atoms with E-state index >= 15 is 0 Å². The first-order chi connectivity index (χ1) is 14.7. The van der Waals surface area contributed by atoms with Gasteiger partial charge in [0.2, 0.25) is 0 Å². The second-order valence-corrected chi connectivity index (χ2v) is 9.02. The molecule has 162 valence electrons. The van der Waals surface area contributed by atoms with Crippen LogP contribution in [0.25, 0.3) is 11.1 Å². The van der Waals surface area contributed by atoms with Crippen molar-refractivity contribution < 1.29 is 9.32 Å².